The van der Waals surface area contributed by atoms with Gasteiger partial charge in [-0.1, -0.05) is 6.58 Å². The van der Waals surface area contributed by atoms with Crippen LogP contribution in [0.15, 0.2) is 12.2 Å². The lowest BCUT2D eigenvalue weighted by Gasteiger charge is -2.46. The van der Waals surface area contributed by atoms with Gasteiger partial charge in [-0.2, -0.15) is 101 Å². The van der Waals surface area contributed by atoms with E-state index in [2.05, 4.69) is 6.58 Å². The van der Waals surface area contributed by atoms with E-state index in [1.807, 2.05) is 4.74 Å². The van der Waals surface area contributed by atoms with E-state index in [-0.39, 0.29) is 6.92 Å². The normalized spacial score (nSPS) is 17.4. The quantitative estimate of drug-likeness (QED) is 0.136. The van der Waals surface area contributed by atoms with Crippen molar-refractivity contribution in [3.05, 3.63) is 12.2 Å². The second-order valence-corrected chi connectivity index (χ2v) is 7.36. The van der Waals surface area contributed by atoms with E-state index in [0.29, 0.717) is 0 Å². The first-order valence-electron chi connectivity index (χ1n) is 8.56. The van der Waals surface area contributed by atoms with Gasteiger partial charge in [-0.3, -0.25) is 0 Å². The number of alkyl halides is 23. The molecule has 0 saturated carbocycles. The van der Waals surface area contributed by atoms with Crippen molar-refractivity contribution in [3.63, 3.8) is 0 Å². The summed E-state index contributed by atoms with van der Waals surface area (Å²) in [5.41, 5.74) is -1.97. The van der Waals surface area contributed by atoms with Crippen LogP contribution in [0, 0.1) is 0 Å². The molecule has 2 nitrogen and oxygen atoms in total. The van der Waals surface area contributed by atoms with E-state index in [0.717, 1.165) is 0 Å². The summed E-state index contributed by atoms with van der Waals surface area (Å²) in [6, 6.07) is 0. The molecule has 0 saturated heterocycles. The molecule has 0 aromatic carbocycles. The number of ether oxygens (including phenoxy) is 1. The van der Waals surface area contributed by atoms with Crippen molar-refractivity contribution in [2.24, 2.45) is 0 Å². The molecule has 0 spiro atoms. The number of hydrogen-bond acceptors (Lipinski definition) is 2. The number of rotatable bonds is 10. The number of carbonyl (C=O) groups is 1. The predicted octanol–water partition coefficient (Wildman–Crippen LogP) is 7.98. The van der Waals surface area contributed by atoms with Gasteiger partial charge in [0.2, 0.25) is 0 Å². The maximum atomic E-state index is 14.7. The molecule has 0 rings (SSSR count). The van der Waals surface area contributed by atoms with Crippen LogP contribution in [0.2, 0.25) is 0 Å². The topological polar surface area (TPSA) is 26.3 Å². The first kappa shape index (κ1) is 37.6. The highest BCUT2D eigenvalue weighted by molar-refractivity contribution is 5.87. The minimum absolute atomic E-state index is 0.0910. The third-order valence-electron chi connectivity index (χ3n) is 4.47. The summed E-state index contributed by atoms with van der Waals surface area (Å²) in [4.78, 5) is 11.2. The Labute approximate surface area is 202 Å². The van der Waals surface area contributed by atoms with E-state index in [1.54, 1.807) is 0 Å². The minimum Gasteiger partial charge on any atom is -0.413 e. The fourth-order valence-electron chi connectivity index (χ4n) is 2.09. The van der Waals surface area contributed by atoms with Gasteiger partial charge < -0.3 is 4.74 Å². The Morgan fingerprint density at radius 2 is 0.625 bits per heavy atom. The predicted molar refractivity (Wildman–Crippen MR) is 76.4 cm³/mol. The standard InChI is InChI=1S/C15H5F23O2/c1-3(2)4(39)40-13(32,10(26,27)8(22,23)12(30,31)15(36,37)38)9(24,25)6(18,19)5(16,17)7(20,21)11(28,29)14(33,34)35/h1H2,2H3. The van der Waals surface area contributed by atoms with Crippen molar-refractivity contribution in [2.45, 2.75) is 72.5 Å². The van der Waals surface area contributed by atoms with Gasteiger partial charge in [-0.05, 0) is 6.92 Å². The summed E-state index contributed by atoms with van der Waals surface area (Å²) in [6.07, 6.45) is -16.3. The van der Waals surface area contributed by atoms with Crippen LogP contribution in [0.4, 0.5) is 101 Å². The van der Waals surface area contributed by atoms with Crippen molar-refractivity contribution in [1.29, 1.82) is 0 Å². The zero-order valence-electron chi connectivity index (χ0n) is 17.7. The molecule has 0 aliphatic heterocycles. The number of hydrogen-bond donors (Lipinski definition) is 0. The highest BCUT2D eigenvalue weighted by Gasteiger charge is 2.99. The molecule has 0 aromatic rings. The molecule has 0 amide bonds. The van der Waals surface area contributed by atoms with Crippen molar-refractivity contribution >= 4 is 5.97 Å². The molecule has 0 aliphatic carbocycles. The Morgan fingerprint density at radius 3 is 0.850 bits per heavy atom. The van der Waals surface area contributed by atoms with Crippen molar-refractivity contribution in [1.82, 2.24) is 0 Å². The molecule has 40 heavy (non-hydrogen) atoms. The van der Waals surface area contributed by atoms with Crippen molar-refractivity contribution < 1.29 is 111 Å². The zero-order chi connectivity index (χ0) is 33.4. The second kappa shape index (κ2) is 9.31. The Bertz CT molecular complexity index is 985. The van der Waals surface area contributed by atoms with Gasteiger partial charge in [-0.25, -0.2) is 4.79 Å². The van der Waals surface area contributed by atoms with Gasteiger partial charge in [0.15, 0.2) is 0 Å². The fourth-order valence-corrected chi connectivity index (χ4v) is 2.09. The molecular formula is C15H5F23O2. The van der Waals surface area contributed by atoms with Crippen LogP contribution < -0.4 is 0 Å². The zero-order valence-corrected chi connectivity index (χ0v) is 17.7. The fraction of sp³-hybridized carbons (Fsp3) is 0.800. The van der Waals surface area contributed by atoms with Crippen molar-refractivity contribution in [3.8, 4) is 0 Å². The Hall–Kier alpha value is -2.40. The lowest BCUT2D eigenvalue weighted by atomic mass is 9.85. The van der Waals surface area contributed by atoms with Crippen LogP contribution in [-0.2, 0) is 9.53 Å². The Morgan fingerprint density at radius 1 is 0.425 bits per heavy atom. The van der Waals surface area contributed by atoms with E-state index in [9.17, 15) is 106 Å². The van der Waals surface area contributed by atoms with Gasteiger partial charge >= 0.3 is 71.6 Å². The Kier molecular flexibility index (Phi) is 8.75. The molecule has 0 N–H and O–H groups in total. The third-order valence-corrected chi connectivity index (χ3v) is 4.47. The lowest BCUT2D eigenvalue weighted by Crippen LogP contribution is -2.79. The molecule has 0 aliphatic rings. The van der Waals surface area contributed by atoms with E-state index >= 15 is 0 Å². The summed E-state index contributed by atoms with van der Waals surface area (Å²) in [5, 5.41) is 0. The van der Waals surface area contributed by atoms with Gasteiger partial charge in [0, 0.05) is 5.57 Å². The van der Waals surface area contributed by atoms with Crippen LogP contribution in [-0.4, -0.2) is 71.6 Å². The van der Waals surface area contributed by atoms with Gasteiger partial charge in [0.1, 0.15) is 0 Å². The molecule has 0 radical (unpaired) electrons. The van der Waals surface area contributed by atoms with Crippen molar-refractivity contribution in [2.75, 3.05) is 0 Å². The molecule has 0 bridgehead atoms. The summed E-state index contributed by atoms with van der Waals surface area (Å²) in [7, 11) is 0. The molecule has 25 heteroatoms. The molecule has 0 fully saturated rings. The van der Waals surface area contributed by atoms with E-state index in [1.165, 1.54) is 0 Å². The monoisotopic (exact) mass is 654 g/mol. The second-order valence-electron chi connectivity index (χ2n) is 7.36. The first-order chi connectivity index (χ1) is 16.8. The van der Waals surface area contributed by atoms with E-state index in [4.69, 9.17) is 0 Å². The van der Waals surface area contributed by atoms with Gasteiger partial charge in [0.05, 0.1) is 0 Å². The van der Waals surface area contributed by atoms with Gasteiger partial charge in [0.25, 0.3) is 0 Å². The molecule has 1 unspecified atom stereocenters. The Balaban J connectivity index is 7.84. The van der Waals surface area contributed by atoms with Crippen LogP contribution in [0.3, 0.4) is 0 Å². The highest BCUT2D eigenvalue weighted by atomic mass is 19.4. The summed E-state index contributed by atoms with van der Waals surface area (Å²) in [5.74, 6) is -84.7. The third kappa shape index (κ3) is 4.57. The van der Waals surface area contributed by atoms with E-state index < -0.39 is 77.1 Å². The largest absolute Gasteiger partial charge is 0.460 e. The molecule has 0 heterocycles. The molecule has 1 atom stereocenters. The minimum atomic E-state index is -9.38. The number of halogens is 23. The number of carbonyl (C=O) groups excluding carboxylic acids is 1. The lowest BCUT2D eigenvalue weighted by molar-refractivity contribution is -0.491. The van der Waals surface area contributed by atoms with Crippen LogP contribution in [0.1, 0.15) is 6.92 Å². The summed E-state index contributed by atoms with van der Waals surface area (Å²) < 4.78 is 306. The van der Waals surface area contributed by atoms with Gasteiger partial charge in [-0.15, -0.1) is 0 Å². The SMILES string of the molecule is C=C(C)C(=O)OC(F)(C(F)(F)C(F)(F)C(F)(F)C(F)(F)F)C(F)(F)C(F)(F)C(F)(F)C(F)(F)C(F)(F)C(F)(F)F. The molecule has 0 aromatic heterocycles. The molecule has 238 valence electrons. The number of esters is 1. The highest BCUT2D eigenvalue weighted by Crippen LogP contribution is 2.67. The summed E-state index contributed by atoms with van der Waals surface area (Å²) in [6.45, 7) is 2.05. The maximum absolute atomic E-state index is 14.7. The average Bonchev–Trinajstić information content (AvgIpc) is 2.70. The molecular weight excluding hydrogens is 649 g/mol. The van der Waals surface area contributed by atoms with Crippen LogP contribution in [0.5, 0.6) is 0 Å². The van der Waals surface area contributed by atoms with Crippen LogP contribution in [0.25, 0.3) is 0 Å². The first-order valence-corrected chi connectivity index (χ1v) is 8.56. The maximum Gasteiger partial charge on any atom is 0.460 e. The van der Waals surface area contributed by atoms with Crippen LogP contribution >= 0.6 is 0 Å². The smallest absolute Gasteiger partial charge is 0.413 e. The summed E-state index contributed by atoms with van der Waals surface area (Å²) >= 11 is 0. The average molecular weight is 654 g/mol.